The molecule has 0 aliphatic carbocycles. The van der Waals surface area contributed by atoms with Crippen LogP contribution < -0.4 is 16.0 Å². The number of carbonyl (C=O) groups is 2. The summed E-state index contributed by atoms with van der Waals surface area (Å²) in [7, 11) is 1.45. The third-order valence-electron chi connectivity index (χ3n) is 3.18. The quantitative estimate of drug-likeness (QED) is 0.744. The van der Waals surface area contributed by atoms with E-state index in [9.17, 15) is 14.0 Å². The SMILES string of the molecule is CNC(=O)NC(=O)CNC(Cc1ccc(F)cc1)C(C)C. The van der Waals surface area contributed by atoms with E-state index in [0.717, 1.165) is 5.56 Å². The van der Waals surface area contributed by atoms with Gasteiger partial charge < -0.3 is 10.6 Å². The summed E-state index contributed by atoms with van der Waals surface area (Å²) in [5.74, 6) is -0.361. The molecular weight excluding hydrogens is 273 g/mol. The van der Waals surface area contributed by atoms with Crippen LogP contribution in [0.1, 0.15) is 19.4 Å². The second kappa shape index (κ2) is 8.36. The van der Waals surface area contributed by atoms with Gasteiger partial charge in [0.2, 0.25) is 5.91 Å². The first kappa shape index (κ1) is 17.1. The first-order valence-corrected chi connectivity index (χ1v) is 6.91. The highest BCUT2D eigenvalue weighted by molar-refractivity contribution is 5.95. The number of carbonyl (C=O) groups excluding carboxylic acids is 2. The van der Waals surface area contributed by atoms with Gasteiger partial charge in [0.25, 0.3) is 0 Å². The number of halogens is 1. The zero-order valence-corrected chi connectivity index (χ0v) is 12.6. The summed E-state index contributed by atoms with van der Waals surface area (Å²) in [6.45, 7) is 4.13. The molecule has 1 aromatic carbocycles. The van der Waals surface area contributed by atoms with E-state index in [1.165, 1.54) is 19.2 Å². The zero-order chi connectivity index (χ0) is 15.8. The van der Waals surface area contributed by atoms with Gasteiger partial charge in [-0.25, -0.2) is 9.18 Å². The minimum absolute atomic E-state index is 0.0530. The van der Waals surface area contributed by atoms with Crippen LogP contribution in [0, 0.1) is 11.7 Å². The van der Waals surface area contributed by atoms with Crippen molar-refractivity contribution in [2.45, 2.75) is 26.3 Å². The number of rotatable bonds is 6. The van der Waals surface area contributed by atoms with E-state index in [0.29, 0.717) is 12.3 Å². The lowest BCUT2D eigenvalue weighted by atomic mass is 9.96. The Hall–Kier alpha value is -1.95. The molecule has 0 aliphatic rings. The van der Waals surface area contributed by atoms with Crippen LogP contribution >= 0.6 is 0 Å². The van der Waals surface area contributed by atoms with E-state index < -0.39 is 6.03 Å². The van der Waals surface area contributed by atoms with E-state index in [-0.39, 0.29) is 24.3 Å². The minimum Gasteiger partial charge on any atom is -0.341 e. The average molecular weight is 295 g/mol. The first-order valence-electron chi connectivity index (χ1n) is 6.91. The molecule has 0 aliphatic heterocycles. The maximum Gasteiger partial charge on any atom is 0.321 e. The Morgan fingerprint density at radius 2 is 1.81 bits per heavy atom. The van der Waals surface area contributed by atoms with Crippen molar-refractivity contribution in [2.75, 3.05) is 13.6 Å². The molecule has 1 rings (SSSR count). The molecule has 1 unspecified atom stereocenters. The predicted molar refractivity (Wildman–Crippen MR) is 79.3 cm³/mol. The van der Waals surface area contributed by atoms with Crippen LogP contribution in [0.2, 0.25) is 0 Å². The van der Waals surface area contributed by atoms with Crippen LogP contribution in [0.3, 0.4) is 0 Å². The van der Waals surface area contributed by atoms with Crippen molar-refractivity contribution in [3.05, 3.63) is 35.6 Å². The number of imide groups is 1. The molecule has 0 saturated heterocycles. The summed E-state index contributed by atoms with van der Waals surface area (Å²) < 4.78 is 12.9. The van der Waals surface area contributed by atoms with Crippen LogP contribution in [0.4, 0.5) is 9.18 Å². The number of amides is 3. The van der Waals surface area contributed by atoms with Crippen molar-refractivity contribution in [3.63, 3.8) is 0 Å². The minimum atomic E-state index is -0.526. The maximum absolute atomic E-state index is 12.9. The van der Waals surface area contributed by atoms with Gasteiger partial charge in [-0.2, -0.15) is 0 Å². The number of hydrogen-bond donors (Lipinski definition) is 3. The molecular formula is C15H22FN3O2. The summed E-state index contributed by atoms with van der Waals surface area (Å²) in [5, 5.41) is 7.64. The zero-order valence-electron chi connectivity index (χ0n) is 12.6. The largest absolute Gasteiger partial charge is 0.341 e. The summed E-state index contributed by atoms with van der Waals surface area (Å²) in [6, 6.07) is 5.84. The third kappa shape index (κ3) is 6.35. The van der Waals surface area contributed by atoms with Crippen LogP contribution in [0.25, 0.3) is 0 Å². The van der Waals surface area contributed by atoms with Crippen molar-refractivity contribution < 1.29 is 14.0 Å². The monoisotopic (exact) mass is 295 g/mol. The summed E-state index contributed by atoms with van der Waals surface area (Å²) in [6.07, 6.45) is 0.686. The number of nitrogens with one attached hydrogen (secondary N) is 3. The van der Waals surface area contributed by atoms with Crippen molar-refractivity contribution >= 4 is 11.9 Å². The Labute approximate surface area is 124 Å². The molecule has 116 valence electrons. The molecule has 0 heterocycles. The molecule has 6 heteroatoms. The lowest BCUT2D eigenvalue weighted by Crippen LogP contribution is -2.46. The molecule has 3 amide bonds. The van der Waals surface area contributed by atoms with E-state index in [1.807, 2.05) is 13.8 Å². The van der Waals surface area contributed by atoms with Crippen LogP contribution in [0.15, 0.2) is 24.3 Å². The van der Waals surface area contributed by atoms with Gasteiger partial charge in [0, 0.05) is 13.1 Å². The highest BCUT2D eigenvalue weighted by atomic mass is 19.1. The van der Waals surface area contributed by atoms with E-state index in [1.54, 1.807) is 12.1 Å². The smallest absolute Gasteiger partial charge is 0.321 e. The lowest BCUT2D eigenvalue weighted by molar-refractivity contribution is -0.119. The molecule has 0 saturated carbocycles. The van der Waals surface area contributed by atoms with Gasteiger partial charge in [-0.3, -0.25) is 10.1 Å². The highest BCUT2D eigenvalue weighted by Gasteiger charge is 2.15. The fourth-order valence-corrected chi connectivity index (χ4v) is 1.88. The molecule has 0 fully saturated rings. The van der Waals surface area contributed by atoms with Gasteiger partial charge >= 0.3 is 6.03 Å². The molecule has 0 bridgehead atoms. The van der Waals surface area contributed by atoms with Crippen LogP contribution in [-0.2, 0) is 11.2 Å². The Morgan fingerprint density at radius 3 is 2.33 bits per heavy atom. The Kier molecular flexibility index (Phi) is 6.81. The molecule has 0 aromatic heterocycles. The normalized spacial score (nSPS) is 12.0. The van der Waals surface area contributed by atoms with Crippen LogP contribution in [0.5, 0.6) is 0 Å². The second-order valence-electron chi connectivity index (χ2n) is 5.19. The van der Waals surface area contributed by atoms with Crippen molar-refractivity contribution in [2.24, 2.45) is 5.92 Å². The van der Waals surface area contributed by atoms with E-state index >= 15 is 0 Å². The fraction of sp³-hybridized carbons (Fsp3) is 0.467. The van der Waals surface area contributed by atoms with Gasteiger partial charge in [-0.15, -0.1) is 0 Å². The lowest BCUT2D eigenvalue weighted by Gasteiger charge is -2.22. The molecule has 21 heavy (non-hydrogen) atoms. The molecule has 5 nitrogen and oxygen atoms in total. The highest BCUT2D eigenvalue weighted by Crippen LogP contribution is 2.11. The Bertz CT molecular complexity index is 474. The van der Waals surface area contributed by atoms with Crippen molar-refractivity contribution in [1.82, 2.24) is 16.0 Å². The fourth-order valence-electron chi connectivity index (χ4n) is 1.88. The van der Waals surface area contributed by atoms with E-state index in [4.69, 9.17) is 0 Å². The van der Waals surface area contributed by atoms with Gasteiger partial charge in [-0.1, -0.05) is 26.0 Å². The van der Waals surface area contributed by atoms with Crippen molar-refractivity contribution in [1.29, 1.82) is 0 Å². The molecule has 3 N–H and O–H groups in total. The van der Waals surface area contributed by atoms with Crippen LogP contribution in [-0.4, -0.2) is 31.6 Å². The Morgan fingerprint density at radius 1 is 1.19 bits per heavy atom. The first-order chi connectivity index (χ1) is 9.92. The van der Waals surface area contributed by atoms with Gasteiger partial charge in [0.1, 0.15) is 5.82 Å². The number of benzene rings is 1. The number of hydrogen-bond acceptors (Lipinski definition) is 3. The Balaban J connectivity index is 2.52. The van der Waals surface area contributed by atoms with Gasteiger partial charge in [0.15, 0.2) is 0 Å². The third-order valence-corrected chi connectivity index (χ3v) is 3.18. The molecule has 1 aromatic rings. The summed E-state index contributed by atoms with van der Waals surface area (Å²) in [4.78, 5) is 22.6. The van der Waals surface area contributed by atoms with E-state index in [2.05, 4.69) is 16.0 Å². The average Bonchev–Trinajstić information content (AvgIpc) is 2.44. The topological polar surface area (TPSA) is 70.2 Å². The predicted octanol–water partition coefficient (Wildman–Crippen LogP) is 1.44. The summed E-state index contributed by atoms with van der Waals surface area (Å²) in [5.41, 5.74) is 0.995. The maximum atomic E-state index is 12.9. The second-order valence-corrected chi connectivity index (χ2v) is 5.19. The van der Waals surface area contributed by atoms with Gasteiger partial charge in [0.05, 0.1) is 6.54 Å². The summed E-state index contributed by atoms with van der Waals surface area (Å²) >= 11 is 0. The standard InChI is InChI=1S/C15H22FN3O2/c1-10(2)13(8-11-4-6-12(16)7-5-11)18-9-14(20)19-15(21)17-3/h4-7,10,13,18H,8-9H2,1-3H3,(H2,17,19,20,21). The van der Waals surface area contributed by atoms with Gasteiger partial charge in [-0.05, 0) is 30.0 Å². The number of urea groups is 1. The molecule has 0 radical (unpaired) electrons. The molecule has 1 atom stereocenters. The van der Waals surface area contributed by atoms with Crippen molar-refractivity contribution in [3.8, 4) is 0 Å². The molecule has 0 spiro atoms.